The van der Waals surface area contributed by atoms with E-state index in [4.69, 9.17) is 0 Å². The molecule has 0 fully saturated rings. The molecule has 3 rings (SSSR count). The molecule has 0 bridgehead atoms. The number of nitrogens with zero attached hydrogens (tertiary/aromatic N) is 3. The molecule has 2 aromatic heterocycles. The Bertz CT molecular complexity index is 706. The summed E-state index contributed by atoms with van der Waals surface area (Å²) in [4.78, 5) is 4.59. The van der Waals surface area contributed by atoms with Gasteiger partial charge in [0.05, 0.1) is 12.2 Å². The number of hydrogen-bond acceptors (Lipinski definition) is 4. The Morgan fingerprint density at radius 1 is 1.32 bits per heavy atom. The highest BCUT2D eigenvalue weighted by molar-refractivity contribution is 7.13. The Labute approximate surface area is 132 Å². The standard InChI is InChI=1S/C16H17FN4S/c1-12(10-21-8-2-7-19-21)18-9-15-11-22-16(20-15)13-3-5-14(17)6-4-13/h2-8,11-12,18H,9-10H2,1H3/t12-/m0/s1. The summed E-state index contributed by atoms with van der Waals surface area (Å²) in [6.07, 6.45) is 3.73. The monoisotopic (exact) mass is 316 g/mol. The first-order valence-corrected chi connectivity index (χ1v) is 8.00. The van der Waals surface area contributed by atoms with Gasteiger partial charge in [-0.15, -0.1) is 11.3 Å². The Balaban J connectivity index is 1.56. The molecular formula is C16H17FN4S. The highest BCUT2D eigenvalue weighted by Crippen LogP contribution is 2.23. The average Bonchev–Trinajstić information content (AvgIpc) is 3.17. The number of aromatic nitrogens is 3. The van der Waals surface area contributed by atoms with Crippen molar-refractivity contribution in [2.45, 2.75) is 26.1 Å². The quantitative estimate of drug-likeness (QED) is 0.758. The van der Waals surface area contributed by atoms with Crippen molar-refractivity contribution in [1.82, 2.24) is 20.1 Å². The van der Waals surface area contributed by atoms with Crippen molar-refractivity contribution in [1.29, 1.82) is 0 Å². The third-order valence-corrected chi connectivity index (χ3v) is 4.23. The van der Waals surface area contributed by atoms with Crippen molar-refractivity contribution >= 4 is 11.3 Å². The minimum Gasteiger partial charge on any atom is -0.307 e. The molecule has 6 heteroatoms. The lowest BCUT2D eigenvalue weighted by Crippen LogP contribution is -2.30. The molecular weight excluding hydrogens is 299 g/mol. The molecule has 0 aliphatic heterocycles. The molecule has 4 nitrogen and oxygen atoms in total. The lowest BCUT2D eigenvalue weighted by Gasteiger charge is -2.12. The van der Waals surface area contributed by atoms with Crippen LogP contribution in [0.15, 0.2) is 48.1 Å². The normalized spacial score (nSPS) is 12.5. The van der Waals surface area contributed by atoms with Crippen LogP contribution in [0.1, 0.15) is 12.6 Å². The first kappa shape index (κ1) is 14.9. The Hall–Kier alpha value is -2.05. The van der Waals surface area contributed by atoms with Crippen LogP contribution >= 0.6 is 11.3 Å². The molecule has 0 saturated carbocycles. The van der Waals surface area contributed by atoms with Gasteiger partial charge in [0.1, 0.15) is 10.8 Å². The summed E-state index contributed by atoms with van der Waals surface area (Å²) in [6.45, 7) is 3.65. The number of benzene rings is 1. The SMILES string of the molecule is C[C@@H](Cn1cccn1)NCc1csc(-c2ccc(F)cc2)n1. The number of halogens is 1. The first-order chi connectivity index (χ1) is 10.7. The van der Waals surface area contributed by atoms with Crippen LogP contribution < -0.4 is 5.32 Å². The summed E-state index contributed by atoms with van der Waals surface area (Å²) in [6, 6.07) is 8.65. The smallest absolute Gasteiger partial charge is 0.123 e. The lowest BCUT2D eigenvalue weighted by atomic mass is 10.2. The van der Waals surface area contributed by atoms with Crippen LogP contribution in [0.3, 0.4) is 0 Å². The Kier molecular flexibility index (Phi) is 4.60. The van der Waals surface area contributed by atoms with Gasteiger partial charge in [-0.05, 0) is 37.3 Å². The summed E-state index contributed by atoms with van der Waals surface area (Å²) >= 11 is 1.57. The van der Waals surface area contributed by atoms with E-state index in [0.717, 1.165) is 22.8 Å². The van der Waals surface area contributed by atoms with Gasteiger partial charge in [0.15, 0.2) is 0 Å². The number of nitrogens with one attached hydrogen (secondary N) is 1. The second kappa shape index (κ2) is 6.81. The van der Waals surface area contributed by atoms with E-state index in [-0.39, 0.29) is 5.82 Å². The van der Waals surface area contributed by atoms with E-state index in [1.54, 1.807) is 29.7 Å². The predicted octanol–water partition coefficient (Wildman–Crippen LogP) is 3.32. The molecule has 0 aliphatic carbocycles. The predicted molar refractivity (Wildman–Crippen MR) is 86.0 cm³/mol. The van der Waals surface area contributed by atoms with Crippen molar-refractivity contribution < 1.29 is 4.39 Å². The second-order valence-corrected chi connectivity index (χ2v) is 6.02. The highest BCUT2D eigenvalue weighted by atomic mass is 32.1. The van der Waals surface area contributed by atoms with Crippen LogP contribution in [0.25, 0.3) is 10.6 Å². The van der Waals surface area contributed by atoms with Crippen molar-refractivity contribution in [3.8, 4) is 10.6 Å². The maximum Gasteiger partial charge on any atom is 0.123 e. The second-order valence-electron chi connectivity index (χ2n) is 5.16. The largest absolute Gasteiger partial charge is 0.307 e. The van der Waals surface area contributed by atoms with Crippen LogP contribution in [0.5, 0.6) is 0 Å². The maximum absolute atomic E-state index is 12.9. The molecule has 1 N–H and O–H groups in total. The van der Waals surface area contributed by atoms with Crippen molar-refractivity contribution in [2.24, 2.45) is 0 Å². The zero-order valence-corrected chi connectivity index (χ0v) is 13.1. The van der Waals surface area contributed by atoms with Crippen molar-refractivity contribution in [2.75, 3.05) is 0 Å². The van der Waals surface area contributed by atoms with Gasteiger partial charge >= 0.3 is 0 Å². The number of thiazole rings is 1. The van der Waals surface area contributed by atoms with E-state index in [2.05, 4.69) is 22.3 Å². The Morgan fingerprint density at radius 2 is 2.14 bits per heavy atom. The van der Waals surface area contributed by atoms with E-state index in [1.165, 1.54) is 12.1 Å². The molecule has 0 radical (unpaired) electrons. The molecule has 3 aromatic rings. The minimum absolute atomic E-state index is 0.227. The fourth-order valence-corrected chi connectivity index (χ4v) is 2.97. The highest BCUT2D eigenvalue weighted by Gasteiger charge is 2.07. The number of hydrogen-bond donors (Lipinski definition) is 1. The topological polar surface area (TPSA) is 42.7 Å². The van der Waals surface area contributed by atoms with E-state index in [9.17, 15) is 4.39 Å². The summed E-state index contributed by atoms with van der Waals surface area (Å²) in [5, 5.41) is 10.6. The first-order valence-electron chi connectivity index (χ1n) is 7.12. The minimum atomic E-state index is -0.227. The fourth-order valence-electron chi connectivity index (χ4n) is 2.15. The van der Waals surface area contributed by atoms with Crippen LogP contribution in [0.4, 0.5) is 4.39 Å². The van der Waals surface area contributed by atoms with E-state index in [1.807, 2.05) is 22.3 Å². The third-order valence-electron chi connectivity index (χ3n) is 3.29. The fraction of sp³-hybridized carbons (Fsp3) is 0.250. The van der Waals surface area contributed by atoms with E-state index < -0.39 is 0 Å². The molecule has 1 aromatic carbocycles. The maximum atomic E-state index is 12.9. The zero-order valence-electron chi connectivity index (χ0n) is 12.2. The van der Waals surface area contributed by atoms with Gasteiger partial charge < -0.3 is 5.32 Å². The van der Waals surface area contributed by atoms with Crippen LogP contribution in [0.2, 0.25) is 0 Å². The van der Waals surface area contributed by atoms with Crippen molar-refractivity contribution in [3.05, 3.63) is 59.6 Å². The molecule has 22 heavy (non-hydrogen) atoms. The lowest BCUT2D eigenvalue weighted by molar-refractivity contribution is 0.449. The van der Waals surface area contributed by atoms with Gasteiger partial charge in [-0.25, -0.2) is 9.37 Å². The molecule has 0 unspecified atom stereocenters. The molecule has 0 saturated heterocycles. The molecule has 114 valence electrons. The van der Waals surface area contributed by atoms with Gasteiger partial charge in [-0.3, -0.25) is 4.68 Å². The van der Waals surface area contributed by atoms with Crippen molar-refractivity contribution in [3.63, 3.8) is 0 Å². The summed E-state index contributed by atoms with van der Waals surface area (Å²) in [5.74, 6) is -0.227. The molecule has 0 amide bonds. The van der Waals surface area contributed by atoms with Gasteiger partial charge in [0.2, 0.25) is 0 Å². The summed E-state index contributed by atoms with van der Waals surface area (Å²) < 4.78 is 14.8. The Morgan fingerprint density at radius 3 is 2.86 bits per heavy atom. The average molecular weight is 316 g/mol. The van der Waals surface area contributed by atoms with Gasteiger partial charge in [0.25, 0.3) is 0 Å². The molecule has 2 heterocycles. The molecule has 0 aliphatic rings. The molecule has 0 spiro atoms. The van der Waals surface area contributed by atoms with Gasteiger partial charge in [-0.1, -0.05) is 0 Å². The summed E-state index contributed by atoms with van der Waals surface area (Å²) in [7, 11) is 0. The third kappa shape index (κ3) is 3.78. The van der Waals surface area contributed by atoms with E-state index >= 15 is 0 Å². The number of rotatable bonds is 6. The summed E-state index contributed by atoms with van der Waals surface area (Å²) in [5.41, 5.74) is 1.94. The van der Waals surface area contributed by atoms with Gasteiger partial charge in [0, 0.05) is 35.9 Å². The zero-order chi connectivity index (χ0) is 15.4. The van der Waals surface area contributed by atoms with Crippen LogP contribution in [0, 0.1) is 5.82 Å². The molecule has 1 atom stereocenters. The van der Waals surface area contributed by atoms with E-state index in [0.29, 0.717) is 12.6 Å². The van der Waals surface area contributed by atoms with Gasteiger partial charge in [-0.2, -0.15) is 5.10 Å². The van der Waals surface area contributed by atoms with Crippen LogP contribution in [-0.4, -0.2) is 20.8 Å². The van der Waals surface area contributed by atoms with Crippen LogP contribution in [-0.2, 0) is 13.1 Å².